The summed E-state index contributed by atoms with van der Waals surface area (Å²) in [6.07, 6.45) is 3.47. The van der Waals surface area contributed by atoms with Crippen LogP contribution in [0.2, 0.25) is 0 Å². The smallest absolute Gasteiger partial charge is 0.227 e. The summed E-state index contributed by atoms with van der Waals surface area (Å²) in [4.78, 5) is 21.2. The molecule has 5 heterocycles. The van der Waals surface area contributed by atoms with Crippen LogP contribution < -0.4 is 0 Å². The Hall–Kier alpha value is -2.70. The summed E-state index contributed by atoms with van der Waals surface area (Å²) in [7, 11) is -3.17. The van der Waals surface area contributed by atoms with E-state index in [-0.39, 0.29) is 17.1 Å². The van der Waals surface area contributed by atoms with E-state index in [2.05, 4.69) is 25.4 Å². The second-order valence-electron chi connectivity index (χ2n) is 9.68. The molecule has 34 heavy (non-hydrogen) atoms. The highest BCUT2D eigenvalue weighted by atomic mass is 32.2. The molecule has 1 N–H and O–H groups in total. The molecule has 0 radical (unpaired) electrons. The number of aliphatic hydroxyl groups excluding tert-OH is 1. The molecule has 3 aliphatic heterocycles. The van der Waals surface area contributed by atoms with Crippen molar-refractivity contribution in [2.75, 3.05) is 31.9 Å². The van der Waals surface area contributed by atoms with Crippen molar-refractivity contribution in [3.05, 3.63) is 46.5 Å². The van der Waals surface area contributed by atoms with Crippen LogP contribution >= 0.6 is 0 Å². The second kappa shape index (κ2) is 8.82. The summed E-state index contributed by atoms with van der Waals surface area (Å²) in [5.74, 6) is 0.123. The summed E-state index contributed by atoms with van der Waals surface area (Å²) in [5.41, 5.74) is 2.94. The fourth-order valence-corrected chi connectivity index (χ4v) is 6.57. The highest BCUT2D eigenvalue weighted by Crippen LogP contribution is 2.43. The van der Waals surface area contributed by atoms with Crippen molar-refractivity contribution in [3.63, 3.8) is 0 Å². The predicted molar refractivity (Wildman–Crippen MR) is 122 cm³/mol. The Balaban J connectivity index is 1.17. The highest BCUT2D eigenvalue weighted by Gasteiger charge is 2.46. The minimum Gasteiger partial charge on any atom is -0.387 e. The molecule has 12 heteroatoms. The van der Waals surface area contributed by atoms with Gasteiger partial charge in [0.15, 0.2) is 9.84 Å². The quantitative estimate of drug-likeness (QED) is 0.615. The summed E-state index contributed by atoms with van der Waals surface area (Å²) < 4.78 is 25.2. The van der Waals surface area contributed by atoms with Crippen molar-refractivity contribution in [3.8, 4) is 0 Å². The lowest BCUT2D eigenvalue weighted by Gasteiger charge is -2.39. The van der Waals surface area contributed by atoms with E-state index in [4.69, 9.17) is 0 Å². The van der Waals surface area contributed by atoms with E-state index in [1.54, 1.807) is 9.58 Å². The first-order valence-electron chi connectivity index (χ1n) is 11.5. The van der Waals surface area contributed by atoms with Crippen molar-refractivity contribution < 1.29 is 18.3 Å². The van der Waals surface area contributed by atoms with Gasteiger partial charge >= 0.3 is 0 Å². The first-order valence-corrected chi connectivity index (χ1v) is 13.2. The lowest BCUT2D eigenvalue weighted by atomic mass is 9.77. The first-order chi connectivity index (χ1) is 16.2. The van der Waals surface area contributed by atoms with Crippen LogP contribution in [-0.4, -0.2) is 86.4 Å². The van der Waals surface area contributed by atoms with Gasteiger partial charge in [-0.25, -0.2) is 13.1 Å². The van der Waals surface area contributed by atoms with Crippen LogP contribution in [0, 0.1) is 12.3 Å². The molecule has 3 aliphatic rings. The molecule has 1 spiro atoms. The van der Waals surface area contributed by atoms with Gasteiger partial charge in [-0.2, -0.15) is 0 Å². The van der Waals surface area contributed by atoms with E-state index in [0.717, 1.165) is 42.9 Å². The largest absolute Gasteiger partial charge is 0.387 e. The average molecular weight is 488 g/mol. The maximum Gasteiger partial charge on any atom is 0.227 e. The maximum atomic E-state index is 12.7. The van der Waals surface area contributed by atoms with Gasteiger partial charge in [0.25, 0.3) is 0 Å². The molecule has 2 saturated heterocycles. The topological polar surface area (TPSA) is 134 Å². The number of tetrazole rings is 1. The summed E-state index contributed by atoms with van der Waals surface area (Å²) >= 11 is 0. The lowest BCUT2D eigenvalue weighted by molar-refractivity contribution is -0.126. The van der Waals surface area contributed by atoms with E-state index in [9.17, 15) is 18.3 Å². The molecule has 1 amide bonds. The number of aliphatic hydroxyl groups is 1. The van der Waals surface area contributed by atoms with E-state index in [0.29, 0.717) is 38.2 Å². The van der Waals surface area contributed by atoms with Gasteiger partial charge in [0.05, 0.1) is 29.5 Å². The van der Waals surface area contributed by atoms with Gasteiger partial charge in [0.2, 0.25) is 5.91 Å². The monoisotopic (exact) mass is 487 g/mol. The molecule has 0 bridgehead atoms. The minimum atomic E-state index is -3.17. The number of sulfone groups is 1. The number of likely N-dealkylation sites (tertiary alicyclic amines) is 2. The number of aryl methyl sites for hydroxylation is 1. The highest BCUT2D eigenvalue weighted by molar-refractivity contribution is 7.94. The fourth-order valence-electron chi connectivity index (χ4n) is 5.30. The Kier molecular flexibility index (Phi) is 5.98. The molecular weight excluding hydrogens is 458 g/mol. The van der Waals surface area contributed by atoms with Crippen LogP contribution in [0.3, 0.4) is 0 Å². The Labute approximate surface area is 198 Å². The van der Waals surface area contributed by atoms with Gasteiger partial charge in [-0.15, -0.1) is 5.10 Å². The summed E-state index contributed by atoms with van der Waals surface area (Å²) in [6, 6.07) is 3.80. The standard InChI is InChI=1S/C22H29N7O4S/c1-16-19(3-2-17(24-16)11-28-15-23-25-26-28)20(30)12-27-7-5-22(6-8-27)10-21(31)29(14-22)18-4-9-34(32,33)13-18/h2-3,13,15,20,30H,4-12,14H2,1H3. The number of hydrogen-bond acceptors (Lipinski definition) is 9. The summed E-state index contributed by atoms with van der Waals surface area (Å²) in [6.45, 7) is 5.04. The number of carbonyl (C=O) groups is 1. The third-order valence-electron chi connectivity index (χ3n) is 7.23. The molecule has 1 atom stereocenters. The van der Waals surface area contributed by atoms with Crippen molar-refractivity contribution in [1.82, 2.24) is 35.0 Å². The molecular formula is C22H29N7O4S. The molecule has 0 aromatic carbocycles. The predicted octanol–water partition coefficient (Wildman–Crippen LogP) is 0.433. The van der Waals surface area contributed by atoms with Crippen molar-refractivity contribution >= 4 is 15.7 Å². The molecule has 2 aromatic heterocycles. The number of nitrogens with zero attached hydrogens (tertiary/aromatic N) is 7. The molecule has 11 nitrogen and oxygen atoms in total. The number of rotatable bonds is 6. The van der Waals surface area contributed by atoms with Crippen LogP contribution in [0.4, 0.5) is 0 Å². The van der Waals surface area contributed by atoms with Gasteiger partial charge in [0.1, 0.15) is 6.33 Å². The van der Waals surface area contributed by atoms with E-state index in [1.165, 1.54) is 11.7 Å². The number of β-amino-alcohol motifs (C(OH)–C–C–N with tert-alkyl or cyclic N) is 1. The van der Waals surface area contributed by atoms with Crippen LogP contribution in [0.15, 0.2) is 29.6 Å². The summed E-state index contributed by atoms with van der Waals surface area (Å²) in [5, 5.41) is 23.3. The Bertz CT molecular complexity index is 1200. The average Bonchev–Trinajstić information content (AvgIpc) is 3.49. The van der Waals surface area contributed by atoms with Crippen molar-refractivity contribution in [2.45, 2.75) is 45.3 Å². The SMILES string of the molecule is Cc1nc(Cn2cnnn2)ccc1C(O)CN1CCC2(CC1)CC(=O)N(C1=CS(=O)(=O)CC1)C2. The molecule has 1 unspecified atom stereocenters. The van der Waals surface area contributed by atoms with E-state index < -0.39 is 15.9 Å². The molecule has 0 aliphatic carbocycles. The fraction of sp³-hybridized carbons (Fsp3) is 0.591. The Morgan fingerprint density at radius 3 is 2.68 bits per heavy atom. The molecule has 0 saturated carbocycles. The van der Waals surface area contributed by atoms with Gasteiger partial charge < -0.3 is 14.9 Å². The third kappa shape index (κ3) is 4.75. The lowest BCUT2D eigenvalue weighted by Crippen LogP contribution is -2.43. The zero-order valence-electron chi connectivity index (χ0n) is 19.2. The number of allylic oxidation sites excluding steroid dienone is 1. The zero-order valence-corrected chi connectivity index (χ0v) is 20.0. The molecule has 2 aromatic rings. The molecule has 5 rings (SSSR count). The Morgan fingerprint density at radius 2 is 2.03 bits per heavy atom. The molecule has 182 valence electrons. The van der Waals surface area contributed by atoms with Gasteiger partial charge in [-0.1, -0.05) is 6.07 Å². The normalized spacial score (nSPS) is 22.9. The van der Waals surface area contributed by atoms with Gasteiger partial charge in [-0.3, -0.25) is 9.78 Å². The van der Waals surface area contributed by atoms with Crippen LogP contribution in [0.5, 0.6) is 0 Å². The number of carbonyl (C=O) groups excluding carboxylic acids is 1. The number of piperidine rings is 1. The Morgan fingerprint density at radius 1 is 1.24 bits per heavy atom. The number of amides is 1. The van der Waals surface area contributed by atoms with E-state index in [1.807, 2.05) is 19.1 Å². The van der Waals surface area contributed by atoms with Crippen molar-refractivity contribution in [1.29, 1.82) is 0 Å². The van der Waals surface area contributed by atoms with Crippen LogP contribution in [0.1, 0.15) is 48.7 Å². The number of aromatic nitrogens is 5. The second-order valence-corrected chi connectivity index (χ2v) is 11.7. The van der Waals surface area contributed by atoms with E-state index >= 15 is 0 Å². The van der Waals surface area contributed by atoms with Gasteiger partial charge in [0, 0.05) is 42.9 Å². The van der Waals surface area contributed by atoms with Crippen LogP contribution in [0.25, 0.3) is 0 Å². The zero-order chi connectivity index (χ0) is 23.9. The van der Waals surface area contributed by atoms with Crippen LogP contribution in [-0.2, 0) is 21.2 Å². The molecule has 2 fully saturated rings. The third-order valence-corrected chi connectivity index (χ3v) is 8.64. The number of hydrogen-bond donors (Lipinski definition) is 1. The first kappa shape index (κ1) is 23.1. The maximum absolute atomic E-state index is 12.7. The number of pyridine rings is 1. The van der Waals surface area contributed by atoms with Crippen molar-refractivity contribution in [2.24, 2.45) is 5.41 Å². The minimum absolute atomic E-state index is 0.0281. The van der Waals surface area contributed by atoms with Gasteiger partial charge in [-0.05, 0) is 54.8 Å².